The van der Waals surface area contributed by atoms with Crippen molar-refractivity contribution in [1.82, 2.24) is 0 Å². The number of hydrogen-bond donors (Lipinski definition) is 0. The van der Waals surface area contributed by atoms with E-state index in [9.17, 15) is 9.59 Å². The van der Waals surface area contributed by atoms with E-state index in [1.807, 2.05) is 0 Å². The van der Waals surface area contributed by atoms with Crippen molar-refractivity contribution in [2.24, 2.45) is 0 Å². The highest BCUT2D eigenvalue weighted by molar-refractivity contribution is 5.87. The monoisotopic (exact) mass is 265 g/mol. The Morgan fingerprint density at radius 2 is 1.89 bits per heavy atom. The average Bonchev–Trinajstić information content (AvgIpc) is 2.38. The van der Waals surface area contributed by atoms with Gasteiger partial charge in [0, 0.05) is 12.0 Å². The molecule has 19 heavy (non-hydrogen) atoms. The predicted octanol–water partition coefficient (Wildman–Crippen LogP) is 1.93. The van der Waals surface area contributed by atoms with E-state index in [0.717, 1.165) is 0 Å². The van der Waals surface area contributed by atoms with Crippen molar-refractivity contribution in [3.8, 4) is 11.5 Å². The Bertz CT molecular complexity index is 453. The molecule has 0 N–H and O–H groups in total. The quantitative estimate of drug-likeness (QED) is 0.581. The zero-order valence-electron chi connectivity index (χ0n) is 11.1. The predicted molar refractivity (Wildman–Crippen MR) is 68.9 cm³/mol. The van der Waals surface area contributed by atoms with Crippen LogP contribution >= 0.6 is 0 Å². The smallest absolute Gasteiger partial charge is 0.318 e. The van der Waals surface area contributed by atoms with Gasteiger partial charge in [-0.3, -0.25) is 9.59 Å². The van der Waals surface area contributed by atoms with Crippen molar-refractivity contribution in [2.45, 2.75) is 19.3 Å². The summed E-state index contributed by atoms with van der Waals surface area (Å²) in [7, 11) is 3.03. The van der Waals surface area contributed by atoms with E-state index in [1.165, 1.54) is 14.2 Å². The summed E-state index contributed by atoms with van der Waals surface area (Å²) < 4.78 is 14.9. The topological polar surface area (TPSA) is 61.8 Å². The van der Waals surface area contributed by atoms with Gasteiger partial charge in [-0.05, 0) is 24.6 Å². The SMILES string of the molecule is [CH2]CCC(=O)OC(=O)Cc1cc(OC)ccc1OC. The van der Waals surface area contributed by atoms with E-state index in [2.05, 4.69) is 11.7 Å². The number of benzene rings is 1. The molecule has 0 spiro atoms. The molecule has 0 saturated carbocycles. The highest BCUT2D eigenvalue weighted by atomic mass is 16.6. The maximum absolute atomic E-state index is 11.6. The summed E-state index contributed by atoms with van der Waals surface area (Å²) in [6, 6.07) is 5.09. The van der Waals surface area contributed by atoms with Crippen molar-refractivity contribution < 1.29 is 23.8 Å². The second-order valence-electron chi connectivity index (χ2n) is 3.80. The van der Waals surface area contributed by atoms with E-state index in [-0.39, 0.29) is 12.8 Å². The molecular formula is C14H17O5. The maximum atomic E-state index is 11.6. The Hall–Kier alpha value is -2.04. The lowest BCUT2D eigenvalue weighted by Crippen LogP contribution is -2.14. The van der Waals surface area contributed by atoms with Crippen LogP contribution in [0.5, 0.6) is 11.5 Å². The molecule has 1 aromatic carbocycles. The molecule has 0 saturated heterocycles. The Morgan fingerprint density at radius 3 is 2.47 bits per heavy atom. The second kappa shape index (κ2) is 7.41. The van der Waals surface area contributed by atoms with Crippen LogP contribution in [0.25, 0.3) is 0 Å². The number of methoxy groups -OCH3 is 2. The minimum Gasteiger partial charge on any atom is -0.497 e. The van der Waals surface area contributed by atoms with Gasteiger partial charge in [-0.1, -0.05) is 6.92 Å². The molecule has 0 aromatic heterocycles. The summed E-state index contributed by atoms with van der Waals surface area (Å²) in [5, 5.41) is 0. The molecule has 1 rings (SSSR count). The summed E-state index contributed by atoms with van der Waals surface area (Å²) >= 11 is 0. The molecule has 0 atom stereocenters. The van der Waals surface area contributed by atoms with Gasteiger partial charge in [0.15, 0.2) is 0 Å². The largest absolute Gasteiger partial charge is 0.497 e. The Kier molecular flexibility index (Phi) is 5.85. The first-order valence-corrected chi connectivity index (χ1v) is 5.84. The molecule has 0 fully saturated rings. The summed E-state index contributed by atoms with van der Waals surface area (Å²) in [6.45, 7) is 3.52. The van der Waals surface area contributed by atoms with Gasteiger partial charge < -0.3 is 14.2 Å². The normalized spacial score (nSPS) is 9.84. The fourth-order valence-corrected chi connectivity index (χ4v) is 1.53. The Morgan fingerprint density at radius 1 is 1.16 bits per heavy atom. The summed E-state index contributed by atoms with van der Waals surface area (Å²) in [6.07, 6.45) is 0.471. The van der Waals surface area contributed by atoms with Gasteiger partial charge in [0.2, 0.25) is 0 Å². The molecule has 0 aliphatic heterocycles. The Balaban J connectivity index is 2.74. The minimum atomic E-state index is -0.620. The van der Waals surface area contributed by atoms with Crippen LogP contribution in [0.15, 0.2) is 18.2 Å². The van der Waals surface area contributed by atoms with Gasteiger partial charge in [-0.25, -0.2) is 0 Å². The first kappa shape index (κ1) is 15.0. The number of carbonyl (C=O) groups is 2. The van der Waals surface area contributed by atoms with Gasteiger partial charge in [0.1, 0.15) is 11.5 Å². The number of esters is 2. The van der Waals surface area contributed by atoms with Gasteiger partial charge in [0.05, 0.1) is 20.6 Å². The highest BCUT2D eigenvalue weighted by Crippen LogP contribution is 2.24. The first-order valence-electron chi connectivity index (χ1n) is 5.84. The number of hydrogen-bond acceptors (Lipinski definition) is 5. The van der Waals surface area contributed by atoms with E-state index in [1.54, 1.807) is 18.2 Å². The highest BCUT2D eigenvalue weighted by Gasteiger charge is 2.14. The number of ether oxygens (including phenoxy) is 3. The number of carbonyl (C=O) groups excluding carboxylic acids is 2. The fourth-order valence-electron chi connectivity index (χ4n) is 1.53. The van der Waals surface area contributed by atoms with Crippen molar-refractivity contribution >= 4 is 11.9 Å². The zero-order valence-corrected chi connectivity index (χ0v) is 11.1. The molecule has 0 unspecified atom stereocenters. The van der Waals surface area contributed by atoms with Gasteiger partial charge >= 0.3 is 11.9 Å². The van der Waals surface area contributed by atoms with E-state index in [4.69, 9.17) is 9.47 Å². The lowest BCUT2D eigenvalue weighted by Gasteiger charge is -2.09. The van der Waals surface area contributed by atoms with Crippen LogP contribution < -0.4 is 9.47 Å². The summed E-state index contributed by atoms with van der Waals surface area (Å²) in [5.41, 5.74) is 0.606. The van der Waals surface area contributed by atoms with E-state index in [0.29, 0.717) is 23.5 Å². The molecule has 0 amide bonds. The molecular weight excluding hydrogens is 248 g/mol. The van der Waals surface area contributed by atoms with Gasteiger partial charge in [0.25, 0.3) is 0 Å². The van der Waals surface area contributed by atoms with Gasteiger partial charge in [-0.15, -0.1) is 0 Å². The molecule has 5 heteroatoms. The lowest BCUT2D eigenvalue weighted by atomic mass is 10.1. The second-order valence-corrected chi connectivity index (χ2v) is 3.80. The van der Waals surface area contributed by atoms with Crippen molar-refractivity contribution in [3.05, 3.63) is 30.7 Å². The maximum Gasteiger partial charge on any atom is 0.318 e. The molecule has 0 bridgehead atoms. The number of rotatable bonds is 6. The van der Waals surface area contributed by atoms with Crippen molar-refractivity contribution in [3.63, 3.8) is 0 Å². The standard InChI is InChI=1S/C14H17O5/c1-4-5-13(15)19-14(16)9-10-8-11(17-2)6-7-12(10)18-3/h6-8H,1,4-5,9H2,2-3H3. The third-order valence-electron chi connectivity index (χ3n) is 2.43. The van der Waals surface area contributed by atoms with Crippen molar-refractivity contribution in [1.29, 1.82) is 0 Å². The minimum absolute atomic E-state index is 0.0523. The molecule has 0 aliphatic carbocycles. The van der Waals surface area contributed by atoms with Crippen LogP contribution in [-0.2, 0) is 20.7 Å². The first-order chi connectivity index (χ1) is 9.10. The van der Waals surface area contributed by atoms with Crippen LogP contribution in [0.3, 0.4) is 0 Å². The zero-order chi connectivity index (χ0) is 14.3. The van der Waals surface area contributed by atoms with Crippen LogP contribution in [0.4, 0.5) is 0 Å². The molecule has 1 aromatic rings. The lowest BCUT2D eigenvalue weighted by molar-refractivity contribution is -0.159. The van der Waals surface area contributed by atoms with Gasteiger partial charge in [-0.2, -0.15) is 0 Å². The van der Waals surface area contributed by atoms with Crippen LogP contribution in [-0.4, -0.2) is 26.2 Å². The van der Waals surface area contributed by atoms with E-state index < -0.39 is 11.9 Å². The van der Waals surface area contributed by atoms with E-state index >= 15 is 0 Å². The third kappa shape index (κ3) is 4.62. The average molecular weight is 265 g/mol. The van der Waals surface area contributed by atoms with Crippen LogP contribution in [0.1, 0.15) is 18.4 Å². The van der Waals surface area contributed by atoms with Crippen LogP contribution in [0.2, 0.25) is 0 Å². The Labute approximate surface area is 112 Å². The summed E-state index contributed by atoms with van der Waals surface area (Å²) in [4.78, 5) is 22.8. The third-order valence-corrected chi connectivity index (χ3v) is 2.43. The van der Waals surface area contributed by atoms with Crippen LogP contribution in [0, 0.1) is 6.92 Å². The molecule has 0 heterocycles. The molecule has 5 nitrogen and oxygen atoms in total. The summed E-state index contributed by atoms with van der Waals surface area (Å²) in [5.74, 6) is -0.0399. The molecule has 0 aliphatic rings. The van der Waals surface area contributed by atoms with Crippen molar-refractivity contribution in [2.75, 3.05) is 14.2 Å². The molecule has 1 radical (unpaired) electrons. The molecule has 103 valence electrons. The fraction of sp³-hybridized carbons (Fsp3) is 0.357.